The second-order valence-corrected chi connectivity index (χ2v) is 9.46. The van der Waals surface area contributed by atoms with Gasteiger partial charge in [-0.3, -0.25) is 9.59 Å². The van der Waals surface area contributed by atoms with Crippen molar-refractivity contribution in [2.75, 3.05) is 42.1 Å². The average molecular weight is 500 g/mol. The molecule has 1 saturated heterocycles. The van der Waals surface area contributed by atoms with Gasteiger partial charge in [-0.1, -0.05) is 11.6 Å². The third-order valence-electron chi connectivity index (χ3n) is 6.03. The van der Waals surface area contributed by atoms with Gasteiger partial charge in [0.25, 0.3) is 0 Å². The number of aliphatic hydroxyl groups excluding tert-OH is 1. The Hall–Kier alpha value is -3.14. The highest BCUT2D eigenvalue weighted by Gasteiger charge is 2.39. The van der Waals surface area contributed by atoms with Gasteiger partial charge in [-0.05, 0) is 73.8 Å². The molecule has 0 aromatic heterocycles. The monoisotopic (exact) mass is 499 g/mol. The van der Waals surface area contributed by atoms with Crippen LogP contribution in [0.1, 0.15) is 19.3 Å². The van der Waals surface area contributed by atoms with E-state index in [2.05, 4.69) is 21.3 Å². The van der Waals surface area contributed by atoms with E-state index in [1.165, 1.54) is 17.7 Å². The molecule has 0 bridgehead atoms. The third-order valence-corrected chi connectivity index (χ3v) is 6.28. The number of amides is 3. The normalized spacial score (nSPS) is 19.3. The van der Waals surface area contributed by atoms with Crippen LogP contribution in [-0.4, -0.2) is 66.1 Å². The summed E-state index contributed by atoms with van der Waals surface area (Å²) in [5.41, 5.74) is 1.86. The number of carbonyl (C=O) groups is 3. The number of Topliss-reactive ketones (excluding diaryl/α,β-unsaturated/α-hetero) is 1. The number of urea groups is 1. The lowest BCUT2D eigenvalue weighted by molar-refractivity contribution is -0.119. The first kappa shape index (κ1) is 25.0. The number of rotatable bonds is 10. The van der Waals surface area contributed by atoms with Gasteiger partial charge in [-0.15, -0.1) is 0 Å². The molecule has 2 fully saturated rings. The molecular weight excluding hydrogens is 470 g/mol. The fraction of sp³-hybridized carbons (Fsp3) is 0.400. The van der Waals surface area contributed by atoms with Gasteiger partial charge in [0.05, 0.1) is 19.2 Å². The van der Waals surface area contributed by atoms with Crippen molar-refractivity contribution in [1.82, 2.24) is 10.2 Å². The second-order valence-electron chi connectivity index (χ2n) is 9.03. The maximum atomic E-state index is 12.9. The first-order valence-electron chi connectivity index (χ1n) is 11.8. The summed E-state index contributed by atoms with van der Waals surface area (Å²) in [5.74, 6) is 0.432. The summed E-state index contributed by atoms with van der Waals surface area (Å²) in [6, 6.07) is 12.3. The van der Waals surface area contributed by atoms with E-state index in [0.717, 1.165) is 18.2 Å². The highest BCUT2D eigenvalue weighted by atomic mass is 35.5. The summed E-state index contributed by atoms with van der Waals surface area (Å²) in [7, 11) is 0. The fourth-order valence-corrected chi connectivity index (χ4v) is 4.04. The molecule has 5 N–H and O–H groups in total. The number of anilines is 3. The van der Waals surface area contributed by atoms with Gasteiger partial charge in [0.1, 0.15) is 6.04 Å². The molecule has 0 radical (unpaired) electrons. The summed E-state index contributed by atoms with van der Waals surface area (Å²) < 4.78 is 0. The first-order valence-corrected chi connectivity index (χ1v) is 12.1. The lowest BCUT2D eigenvalue weighted by Gasteiger charge is -2.24. The molecule has 35 heavy (non-hydrogen) atoms. The number of ketones is 1. The number of nitrogens with one attached hydrogen (secondary N) is 4. The highest BCUT2D eigenvalue weighted by molar-refractivity contribution is 6.30. The second kappa shape index (κ2) is 11.5. The minimum Gasteiger partial charge on any atom is -0.391 e. The zero-order chi connectivity index (χ0) is 24.8. The van der Waals surface area contributed by atoms with E-state index in [1.807, 2.05) is 0 Å². The van der Waals surface area contributed by atoms with Crippen LogP contribution in [0.15, 0.2) is 48.5 Å². The molecule has 3 amide bonds. The summed E-state index contributed by atoms with van der Waals surface area (Å²) in [5, 5.41) is 22.4. The standard InChI is InChI=1S/C25H30ClN5O4/c26-17-3-5-20(6-4-17)30-25(35)31-15-21(32)11-23(31)24(34)29-19-9-7-18(8-10-19)28-14-22(33)13-27-12-16-1-2-16/h3-10,16,21,23,27-28,32H,1-2,11-15H2,(H,29,34)(H,30,35)/t21-,23-/m1/s1. The molecule has 0 unspecified atom stereocenters. The minimum atomic E-state index is -0.809. The Kier molecular flexibility index (Phi) is 8.22. The molecular formula is C25H30ClN5O4. The lowest BCUT2D eigenvalue weighted by Crippen LogP contribution is -2.45. The van der Waals surface area contributed by atoms with E-state index in [1.54, 1.807) is 48.5 Å². The van der Waals surface area contributed by atoms with E-state index in [0.29, 0.717) is 22.9 Å². The molecule has 9 nitrogen and oxygen atoms in total. The molecule has 10 heteroatoms. The number of aliphatic hydroxyl groups is 1. The van der Waals surface area contributed by atoms with Gasteiger partial charge >= 0.3 is 6.03 Å². The highest BCUT2D eigenvalue weighted by Crippen LogP contribution is 2.27. The number of hydrogen-bond acceptors (Lipinski definition) is 6. The van der Waals surface area contributed by atoms with Crippen LogP contribution in [0.3, 0.4) is 0 Å². The van der Waals surface area contributed by atoms with Crippen molar-refractivity contribution < 1.29 is 19.5 Å². The van der Waals surface area contributed by atoms with Crippen molar-refractivity contribution in [3.8, 4) is 0 Å². The Labute approximate surface area is 209 Å². The predicted octanol–water partition coefficient (Wildman–Crippen LogP) is 2.93. The van der Waals surface area contributed by atoms with E-state index >= 15 is 0 Å². The van der Waals surface area contributed by atoms with Crippen LogP contribution in [0.4, 0.5) is 21.9 Å². The molecule has 1 aliphatic carbocycles. The average Bonchev–Trinajstić information content (AvgIpc) is 3.58. The molecule has 0 spiro atoms. The molecule has 1 saturated carbocycles. The molecule has 1 heterocycles. The van der Waals surface area contributed by atoms with Gasteiger partial charge in [-0.25, -0.2) is 4.79 Å². The first-order chi connectivity index (χ1) is 16.9. The SMILES string of the molecule is O=C(CNCC1CC1)CNc1ccc(NC(=O)[C@H]2C[C@@H](O)CN2C(=O)Nc2ccc(Cl)cc2)cc1. The Balaban J connectivity index is 1.26. The zero-order valence-corrected chi connectivity index (χ0v) is 20.1. The van der Waals surface area contributed by atoms with Crippen molar-refractivity contribution in [1.29, 1.82) is 0 Å². The quantitative estimate of drug-likeness (QED) is 0.342. The van der Waals surface area contributed by atoms with Crippen molar-refractivity contribution >= 4 is 46.4 Å². The van der Waals surface area contributed by atoms with Gasteiger partial charge in [0.2, 0.25) is 5.91 Å². The van der Waals surface area contributed by atoms with Crippen molar-refractivity contribution in [2.45, 2.75) is 31.4 Å². The summed E-state index contributed by atoms with van der Waals surface area (Å²) in [6.07, 6.45) is 1.86. The van der Waals surface area contributed by atoms with Gasteiger partial charge in [0, 0.05) is 35.1 Å². The largest absolute Gasteiger partial charge is 0.391 e. The summed E-state index contributed by atoms with van der Waals surface area (Å²) >= 11 is 5.88. The van der Waals surface area contributed by atoms with Crippen LogP contribution < -0.4 is 21.3 Å². The number of β-amino-alcohol motifs (C(OH)–C–C–N with tert-alkyl or cyclic N) is 1. The Morgan fingerprint density at radius 3 is 2.23 bits per heavy atom. The van der Waals surface area contributed by atoms with Crippen LogP contribution in [0.5, 0.6) is 0 Å². The van der Waals surface area contributed by atoms with E-state index in [4.69, 9.17) is 11.6 Å². The third kappa shape index (κ3) is 7.42. The number of nitrogens with zero attached hydrogens (tertiary/aromatic N) is 1. The van der Waals surface area contributed by atoms with Crippen molar-refractivity contribution in [2.24, 2.45) is 5.92 Å². The molecule has 2 aromatic rings. The van der Waals surface area contributed by atoms with Crippen LogP contribution in [0.25, 0.3) is 0 Å². The van der Waals surface area contributed by atoms with E-state index < -0.39 is 18.2 Å². The molecule has 1 aliphatic heterocycles. The van der Waals surface area contributed by atoms with Gasteiger partial charge in [0.15, 0.2) is 5.78 Å². The van der Waals surface area contributed by atoms with Gasteiger partial charge in [-0.2, -0.15) is 0 Å². The van der Waals surface area contributed by atoms with Crippen LogP contribution >= 0.6 is 11.6 Å². The molecule has 4 rings (SSSR count). The fourth-order valence-electron chi connectivity index (χ4n) is 3.91. The maximum Gasteiger partial charge on any atom is 0.322 e. The smallest absolute Gasteiger partial charge is 0.322 e. The zero-order valence-electron chi connectivity index (χ0n) is 19.3. The molecule has 2 aromatic carbocycles. The topological polar surface area (TPSA) is 123 Å². The maximum absolute atomic E-state index is 12.9. The Morgan fingerprint density at radius 1 is 0.914 bits per heavy atom. The van der Waals surface area contributed by atoms with Gasteiger partial charge < -0.3 is 31.3 Å². The van der Waals surface area contributed by atoms with Crippen LogP contribution in [-0.2, 0) is 9.59 Å². The number of carbonyl (C=O) groups excluding carboxylic acids is 3. The number of likely N-dealkylation sites (tertiary alicyclic amines) is 1. The predicted molar refractivity (Wildman–Crippen MR) is 136 cm³/mol. The lowest BCUT2D eigenvalue weighted by atomic mass is 10.1. The number of hydrogen-bond donors (Lipinski definition) is 5. The Bertz CT molecular complexity index is 1040. The summed E-state index contributed by atoms with van der Waals surface area (Å²) in [4.78, 5) is 38.9. The molecule has 2 aliphatic rings. The van der Waals surface area contributed by atoms with Crippen LogP contribution in [0.2, 0.25) is 5.02 Å². The molecule has 2 atom stereocenters. The summed E-state index contributed by atoms with van der Waals surface area (Å²) in [6.45, 7) is 1.54. The Morgan fingerprint density at radius 2 is 1.54 bits per heavy atom. The van der Waals surface area contributed by atoms with Crippen LogP contribution in [0, 0.1) is 5.92 Å². The number of benzene rings is 2. The van der Waals surface area contributed by atoms with Crippen molar-refractivity contribution in [3.05, 3.63) is 53.6 Å². The minimum absolute atomic E-state index is 0.0594. The van der Waals surface area contributed by atoms with E-state index in [-0.39, 0.29) is 31.2 Å². The number of halogens is 1. The van der Waals surface area contributed by atoms with E-state index in [9.17, 15) is 19.5 Å². The molecule has 186 valence electrons. The van der Waals surface area contributed by atoms with Crippen molar-refractivity contribution in [3.63, 3.8) is 0 Å².